The van der Waals surface area contributed by atoms with Gasteiger partial charge < -0.3 is 4.74 Å². The summed E-state index contributed by atoms with van der Waals surface area (Å²) >= 11 is 7.13. The molecule has 0 aliphatic carbocycles. The minimum Gasteiger partial charge on any atom is -0.494 e. The maximum Gasteiger partial charge on any atom is 0.296 e. The zero-order valence-corrected chi connectivity index (χ0v) is 17.7. The second-order valence-corrected chi connectivity index (χ2v) is 8.14. The molecule has 0 unspecified atom stereocenters. The fourth-order valence-corrected chi connectivity index (χ4v) is 4.02. The molecule has 152 valence electrons. The molecule has 0 spiro atoms. The summed E-state index contributed by atoms with van der Waals surface area (Å²) in [5.74, 6) is 0.778. The van der Waals surface area contributed by atoms with E-state index in [2.05, 4.69) is 10.1 Å². The van der Waals surface area contributed by atoms with E-state index in [4.69, 9.17) is 16.3 Å². The summed E-state index contributed by atoms with van der Waals surface area (Å²) in [7, 11) is 0. The van der Waals surface area contributed by atoms with E-state index in [1.165, 1.54) is 4.52 Å². The van der Waals surface area contributed by atoms with Crippen LogP contribution in [0.3, 0.4) is 0 Å². The number of hydrogen-bond acceptors (Lipinski definition) is 6. The molecule has 0 saturated heterocycles. The van der Waals surface area contributed by atoms with Crippen molar-refractivity contribution in [2.24, 2.45) is 0 Å². The van der Waals surface area contributed by atoms with E-state index < -0.39 is 5.56 Å². The molecule has 4 rings (SSSR count). The standard InChI is InChI=1S/C22H18ClN3O3S/c1-2-10-29-17-8-6-14(7-9-17)12-18-20(27)24-22-26(25-18)21(28)19(30-22)13-15-4-3-5-16(23)11-15/h3-9,11,13H,2,10,12H2,1H3/b19-13+. The van der Waals surface area contributed by atoms with Gasteiger partial charge in [-0.1, -0.05) is 54.1 Å². The molecule has 2 aromatic carbocycles. The number of thiazole rings is 1. The van der Waals surface area contributed by atoms with Crippen LogP contribution in [0.1, 0.15) is 30.2 Å². The number of nitrogens with zero attached hydrogens (tertiary/aromatic N) is 3. The summed E-state index contributed by atoms with van der Waals surface area (Å²) in [5.41, 5.74) is 1.15. The summed E-state index contributed by atoms with van der Waals surface area (Å²) in [6.45, 7) is 2.70. The smallest absolute Gasteiger partial charge is 0.296 e. The Labute approximate surface area is 181 Å². The van der Waals surface area contributed by atoms with Crippen molar-refractivity contribution in [3.05, 3.63) is 95.6 Å². The summed E-state index contributed by atoms with van der Waals surface area (Å²) < 4.78 is 7.20. The van der Waals surface area contributed by atoms with Crippen molar-refractivity contribution >= 4 is 34.0 Å². The van der Waals surface area contributed by atoms with Gasteiger partial charge in [0.1, 0.15) is 11.4 Å². The lowest BCUT2D eigenvalue weighted by Crippen LogP contribution is -2.28. The van der Waals surface area contributed by atoms with Crippen LogP contribution in [0, 0.1) is 0 Å². The van der Waals surface area contributed by atoms with Crippen molar-refractivity contribution in [1.29, 1.82) is 0 Å². The molecule has 0 amide bonds. The zero-order valence-electron chi connectivity index (χ0n) is 16.2. The molecule has 2 heterocycles. The molecule has 0 aliphatic rings. The van der Waals surface area contributed by atoms with Gasteiger partial charge in [-0.3, -0.25) is 9.59 Å². The molecule has 4 aromatic rings. The molecule has 8 heteroatoms. The van der Waals surface area contributed by atoms with Crippen molar-refractivity contribution in [3.63, 3.8) is 0 Å². The Bertz CT molecular complexity index is 1360. The van der Waals surface area contributed by atoms with Crippen molar-refractivity contribution in [2.75, 3.05) is 6.61 Å². The Morgan fingerprint density at radius 2 is 1.97 bits per heavy atom. The van der Waals surface area contributed by atoms with E-state index in [0.717, 1.165) is 34.6 Å². The Kier molecular flexibility index (Phi) is 5.92. The minimum absolute atomic E-state index is 0.221. The number of halogens is 1. The zero-order chi connectivity index (χ0) is 21.1. The van der Waals surface area contributed by atoms with E-state index in [1.54, 1.807) is 18.2 Å². The maximum absolute atomic E-state index is 12.8. The summed E-state index contributed by atoms with van der Waals surface area (Å²) in [4.78, 5) is 29.5. The monoisotopic (exact) mass is 439 g/mol. The average Bonchev–Trinajstić information content (AvgIpc) is 3.02. The minimum atomic E-state index is -0.433. The third-order valence-corrected chi connectivity index (χ3v) is 5.56. The Morgan fingerprint density at radius 3 is 2.70 bits per heavy atom. The lowest BCUT2D eigenvalue weighted by molar-refractivity contribution is 0.317. The van der Waals surface area contributed by atoms with Crippen LogP contribution >= 0.6 is 22.9 Å². The largest absolute Gasteiger partial charge is 0.494 e. The second-order valence-electron chi connectivity index (χ2n) is 6.70. The molecule has 0 N–H and O–H groups in total. The van der Waals surface area contributed by atoms with Crippen molar-refractivity contribution in [2.45, 2.75) is 19.8 Å². The van der Waals surface area contributed by atoms with Crippen molar-refractivity contribution in [1.82, 2.24) is 14.6 Å². The fraction of sp³-hybridized carbons (Fsp3) is 0.182. The number of ether oxygens (including phenoxy) is 1. The highest BCUT2D eigenvalue weighted by Crippen LogP contribution is 2.14. The summed E-state index contributed by atoms with van der Waals surface area (Å²) in [5, 5.41) is 4.86. The first-order valence-corrected chi connectivity index (χ1v) is 10.6. The van der Waals surface area contributed by atoms with Crippen LogP contribution in [-0.4, -0.2) is 21.2 Å². The number of hydrogen-bond donors (Lipinski definition) is 0. The predicted molar refractivity (Wildman–Crippen MR) is 119 cm³/mol. The molecule has 0 aliphatic heterocycles. The van der Waals surface area contributed by atoms with E-state index >= 15 is 0 Å². The van der Waals surface area contributed by atoms with Gasteiger partial charge in [-0.25, -0.2) is 0 Å². The van der Waals surface area contributed by atoms with Gasteiger partial charge in [-0.05, 0) is 47.9 Å². The molecular weight excluding hydrogens is 422 g/mol. The van der Waals surface area contributed by atoms with Gasteiger partial charge in [0.2, 0.25) is 4.96 Å². The van der Waals surface area contributed by atoms with Crippen LogP contribution in [0.25, 0.3) is 11.0 Å². The first kappa shape index (κ1) is 20.3. The molecule has 0 radical (unpaired) electrons. The van der Waals surface area contributed by atoms with Crippen LogP contribution in [0.2, 0.25) is 5.02 Å². The lowest BCUT2D eigenvalue weighted by Gasteiger charge is -2.05. The highest BCUT2D eigenvalue weighted by atomic mass is 35.5. The van der Waals surface area contributed by atoms with Crippen molar-refractivity contribution in [3.8, 4) is 5.75 Å². The van der Waals surface area contributed by atoms with E-state index in [9.17, 15) is 9.59 Å². The van der Waals surface area contributed by atoms with Gasteiger partial charge in [0.15, 0.2) is 0 Å². The predicted octanol–water partition coefficient (Wildman–Crippen LogP) is 3.09. The molecule has 6 nitrogen and oxygen atoms in total. The lowest BCUT2D eigenvalue weighted by atomic mass is 10.1. The highest BCUT2D eigenvalue weighted by Gasteiger charge is 2.12. The molecule has 0 atom stereocenters. The van der Waals surface area contributed by atoms with Gasteiger partial charge >= 0.3 is 0 Å². The molecule has 2 aromatic heterocycles. The number of benzene rings is 2. The Morgan fingerprint density at radius 1 is 1.17 bits per heavy atom. The first-order valence-electron chi connectivity index (χ1n) is 9.45. The highest BCUT2D eigenvalue weighted by molar-refractivity contribution is 7.15. The molecule has 0 saturated carbocycles. The van der Waals surface area contributed by atoms with Gasteiger partial charge in [-0.15, -0.1) is 0 Å². The van der Waals surface area contributed by atoms with Gasteiger partial charge in [-0.2, -0.15) is 14.6 Å². The van der Waals surface area contributed by atoms with E-state index in [0.29, 0.717) is 16.2 Å². The first-order chi connectivity index (χ1) is 14.5. The average molecular weight is 440 g/mol. The van der Waals surface area contributed by atoms with Gasteiger partial charge in [0, 0.05) is 11.4 Å². The number of fused-ring (bicyclic) bond motifs is 1. The van der Waals surface area contributed by atoms with Crippen LogP contribution in [0.5, 0.6) is 5.75 Å². The maximum atomic E-state index is 12.8. The Balaban J connectivity index is 1.67. The third-order valence-electron chi connectivity index (χ3n) is 4.36. The topological polar surface area (TPSA) is 73.6 Å². The fourth-order valence-electron chi connectivity index (χ4n) is 2.92. The molecule has 30 heavy (non-hydrogen) atoms. The number of rotatable bonds is 6. The normalized spacial score (nSPS) is 11.9. The van der Waals surface area contributed by atoms with Crippen molar-refractivity contribution < 1.29 is 4.74 Å². The van der Waals surface area contributed by atoms with Gasteiger partial charge in [0.25, 0.3) is 11.1 Å². The number of aromatic nitrogens is 3. The van der Waals surface area contributed by atoms with Gasteiger partial charge in [0.05, 0.1) is 11.1 Å². The van der Waals surface area contributed by atoms with Crippen LogP contribution in [0.4, 0.5) is 0 Å². The van der Waals surface area contributed by atoms with E-state index in [1.807, 2.05) is 43.3 Å². The Hall–Kier alpha value is -3.03. The second kappa shape index (κ2) is 8.77. The van der Waals surface area contributed by atoms with Crippen LogP contribution < -0.4 is 20.4 Å². The van der Waals surface area contributed by atoms with E-state index in [-0.39, 0.29) is 22.6 Å². The van der Waals surface area contributed by atoms with Crippen LogP contribution in [0.15, 0.2) is 58.1 Å². The van der Waals surface area contributed by atoms with Crippen LogP contribution in [-0.2, 0) is 6.42 Å². The molecule has 0 fully saturated rings. The summed E-state index contributed by atoms with van der Waals surface area (Å²) in [6, 6.07) is 14.7. The summed E-state index contributed by atoms with van der Waals surface area (Å²) in [6.07, 6.45) is 2.93. The molecular formula is C22H18ClN3O3S. The molecule has 0 bridgehead atoms. The third kappa shape index (κ3) is 4.42. The SMILES string of the molecule is CCCOc1ccc(Cc2nn3c(=O)/c(=C\c4cccc(Cl)c4)sc3nc2=O)cc1. The quantitative estimate of drug-likeness (QED) is 0.461.